The summed E-state index contributed by atoms with van der Waals surface area (Å²) in [6.07, 6.45) is 1.51. The Kier molecular flexibility index (Phi) is 4.32. The summed E-state index contributed by atoms with van der Waals surface area (Å²) in [5, 5.41) is 8.35. The van der Waals surface area contributed by atoms with Gasteiger partial charge in [-0.05, 0) is 25.1 Å². The van der Waals surface area contributed by atoms with E-state index in [4.69, 9.17) is 11.5 Å². The molecule has 4 N–H and O–H groups in total. The first-order chi connectivity index (χ1) is 13.4. The molecule has 0 amide bonds. The molecule has 0 saturated carbocycles. The van der Waals surface area contributed by atoms with E-state index in [0.717, 1.165) is 11.7 Å². The minimum atomic E-state index is -3.93. The summed E-state index contributed by atoms with van der Waals surface area (Å²) in [6, 6.07) is 12.0. The number of fused-ring (bicyclic) bond motifs is 2. The highest BCUT2D eigenvalue weighted by Gasteiger charge is 2.25. The van der Waals surface area contributed by atoms with Crippen LogP contribution in [0.4, 0.5) is 0 Å². The zero-order chi connectivity index (χ0) is 19.9. The molecule has 0 radical (unpaired) electrons. The third kappa shape index (κ3) is 2.90. The molecule has 9 nitrogen and oxygen atoms in total. The van der Waals surface area contributed by atoms with Gasteiger partial charge in [0, 0.05) is 17.1 Å². The number of nitrogens with two attached hydrogens (primary N) is 2. The number of aromatic nitrogens is 3. The van der Waals surface area contributed by atoms with Crippen LogP contribution >= 0.6 is 11.7 Å². The topological polar surface area (TPSA) is 142 Å². The Labute approximate surface area is 164 Å². The molecule has 28 heavy (non-hydrogen) atoms. The normalized spacial score (nSPS) is 12.5. The van der Waals surface area contributed by atoms with E-state index in [9.17, 15) is 8.42 Å². The SMILES string of the molecule is CC(=NN=C(N)N)c1cn(S(=O)(=O)c2cccc3nsnc23)c2ccccc12. The molecule has 0 aliphatic carbocycles. The maximum Gasteiger partial charge on any atom is 0.270 e. The van der Waals surface area contributed by atoms with E-state index in [2.05, 4.69) is 18.9 Å². The van der Waals surface area contributed by atoms with E-state index >= 15 is 0 Å². The number of rotatable bonds is 4. The molecule has 2 aromatic heterocycles. The van der Waals surface area contributed by atoms with Crippen molar-refractivity contribution in [3.63, 3.8) is 0 Å². The molecule has 142 valence electrons. The molecular formula is C17H15N7O2S2. The summed E-state index contributed by atoms with van der Waals surface area (Å²) >= 11 is 0.970. The Bertz CT molecular complexity index is 1360. The van der Waals surface area contributed by atoms with Crippen molar-refractivity contribution in [2.75, 3.05) is 0 Å². The van der Waals surface area contributed by atoms with Crippen LogP contribution in [0.2, 0.25) is 0 Å². The quantitative estimate of drug-likeness (QED) is 0.297. The first-order valence-corrected chi connectivity index (χ1v) is 10.3. The van der Waals surface area contributed by atoms with E-state index in [1.165, 1.54) is 16.2 Å². The third-order valence-electron chi connectivity index (χ3n) is 4.17. The van der Waals surface area contributed by atoms with Crippen LogP contribution < -0.4 is 11.5 Å². The summed E-state index contributed by atoms with van der Waals surface area (Å²) < 4.78 is 36.4. The van der Waals surface area contributed by atoms with E-state index < -0.39 is 10.0 Å². The molecule has 0 fully saturated rings. The monoisotopic (exact) mass is 413 g/mol. The maximum absolute atomic E-state index is 13.5. The largest absolute Gasteiger partial charge is 0.369 e. The molecule has 0 saturated heterocycles. The summed E-state index contributed by atoms with van der Waals surface area (Å²) in [7, 11) is -3.93. The van der Waals surface area contributed by atoms with Crippen molar-refractivity contribution in [1.82, 2.24) is 12.7 Å². The highest BCUT2D eigenvalue weighted by molar-refractivity contribution is 7.90. The fourth-order valence-corrected chi connectivity index (χ4v) is 5.05. The fourth-order valence-electron chi connectivity index (χ4n) is 2.92. The maximum atomic E-state index is 13.5. The van der Waals surface area contributed by atoms with Crippen molar-refractivity contribution in [3.05, 3.63) is 54.2 Å². The van der Waals surface area contributed by atoms with E-state index in [1.807, 2.05) is 12.1 Å². The van der Waals surface area contributed by atoms with Crippen LogP contribution in [-0.2, 0) is 10.0 Å². The zero-order valence-electron chi connectivity index (χ0n) is 14.6. The van der Waals surface area contributed by atoms with Gasteiger partial charge in [0.2, 0.25) is 5.96 Å². The summed E-state index contributed by atoms with van der Waals surface area (Å²) in [5.74, 6) is -0.182. The van der Waals surface area contributed by atoms with Gasteiger partial charge >= 0.3 is 0 Å². The average Bonchev–Trinajstić information content (AvgIpc) is 3.30. The molecular weight excluding hydrogens is 398 g/mol. The predicted molar refractivity (Wildman–Crippen MR) is 110 cm³/mol. The highest BCUT2D eigenvalue weighted by Crippen LogP contribution is 2.29. The van der Waals surface area contributed by atoms with Crippen molar-refractivity contribution in [1.29, 1.82) is 0 Å². The molecule has 11 heteroatoms. The summed E-state index contributed by atoms with van der Waals surface area (Å²) in [4.78, 5) is 0.0878. The number of para-hydroxylation sites is 1. The van der Waals surface area contributed by atoms with Crippen molar-refractivity contribution < 1.29 is 8.42 Å². The lowest BCUT2D eigenvalue weighted by atomic mass is 10.1. The molecule has 0 spiro atoms. The summed E-state index contributed by atoms with van der Waals surface area (Å²) in [5.41, 5.74) is 13.1. The standard InChI is InChI=1S/C17H15N7O2S2/c1-10(20-21-17(18)19)12-9-24(14-7-3-2-5-11(12)14)28(25,26)15-8-4-6-13-16(15)23-27-22-13/h2-9H,1H3,(H4,18,19,21). The molecule has 2 aromatic carbocycles. The van der Waals surface area contributed by atoms with Crippen LogP contribution in [-0.4, -0.2) is 32.8 Å². The van der Waals surface area contributed by atoms with Crippen LogP contribution in [0.1, 0.15) is 12.5 Å². The number of hydrogen-bond acceptors (Lipinski definition) is 7. The number of hydrogen-bond donors (Lipinski definition) is 2. The smallest absolute Gasteiger partial charge is 0.270 e. The molecule has 4 rings (SSSR count). The molecule has 0 aliphatic rings. The van der Waals surface area contributed by atoms with Crippen LogP contribution in [0.25, 0.3) is 21.9 Å². The minimum Gasteiger partial charge on any atom is -0.369 e. The van der Waals surface area contributed by atoms with E-state index in [1.54, 1.807) is 31.2 Å². The van der Waals surface area contributed by atoms with Gasteiger partial charge in [-0.1, -0.05) is 24.3 Å². The molecule has 0 unspecified atom stereocenters. The Morgan fingerprint density at radius 1 is 1.07 bits per heavy atom. The van der Waals surface area contributed by atoms with Gasteiger partial charge in [0.15, 0.2) is 0 Å². The number of guanidine groups is 1. The van der Waals surface area contributed by atoms with Gasteiger partial charge in [0.05, 0.1) is 23.0 Å². The first-order valence-electron chi connectivity index (χ1n) is 8.10. The van der Waals surface area contributed by atoms with Crippen molar-refractivity contribution in [2.45, 2.75) is 11.8 Å². The lowest BCUT2D eigenvalue weighted by molar-refractivity contribution is 0.590. The molecule has 0 aliphatic heterocycles. The molecule has 0 bridgehead atoms. The third-order valence-corrected chi connectivity index (χ3v) is 6.42. The van der Waals surface area contributed by atoms with Gasteiger partial charge in [0.25, 0.3) is 10.0 Å². The zero-order valence-corrected chi connectivity index (χ0v) is 16.3. The predicted octanol–water partition coefficient (Wildman–Crippen LogP) is 1.88. The Hall–Kier alpha value is -3.31. The van der Waals surface area contributed by atoms with Crippen LogP contribution in [0.3, 0.4) is 0 Å². The average molecular weight is 413 g/mol. The second-order valence-corrected chi connectivity index (χ2v) is 8.27. The van der Waals surface area contributed by atoms with Crippen LogP contribution in [0, 0.1) is 0 Å². The van der Waals surface area contributed by atoms with Crippen molar-refractivity contribution in [3.8, 4) is 0 Å². The van der Waals surface area contributed by atoms with Crippen molar-refractivity contribution in [2.24, 2.45) is 21.7 Å². The Morgan fingerprint density at radius 3 is 2.64 bits per heavy atom. The number of nitrogens with zero attached hydrogens (tertiary/aromatic N) is 5. The van der Waals surface area contributed by atoms with E-state index in [-0.39, 0.29) is 10.9 Å². The van der Waals surface area contributed by atoms with Gasteiger partial charge in [-0.3, -0.25) is 0 Å². The van der Waals surface area contributed by atoms with Gasteiger partial charge in [-0.25, -0.2) is 12.4 Å². The summed E-state index contributed by atoms with van der Waals surface area (Å²) in [6.45, 7) is 1.70. The minimum absolute atomic E-state index is 0.0878. The lowest BCUT2D eigenvalue weighted by Gasteiger charge is -2.07. The van der Waals surface area contributed by atoms with Gasteiger partial charge in [-0.2, -0.15) is 13.8 Å². The van der Waals surface area contributed by atoms with E-state index in [0.29, 0.717) is 33.2 Å². The first kappa shape index (κ1) is 18.1. The molecule has 4 aromatic rings. The highest BCUT2D eigenvalue weighted by atomic mass is 32.2. The second-order valence-electron chi connectivity index (χ2n) is 5.96. The van der Waals surface area contributed by atoms with Crippen molar-refractivity contribution >= 4 is 55.4 Å². The Balaban J connectivity index is 1.98. The lowest BCUT2D eigenvalue weighted by Crippen LogP contribution is -2.22. The molecule has 2 heterocycles. The number of benzene rings is 2. The van der Waals surface area contributed by atoms with Crippen LogP contribution in [0.5, 0.6) is 0 Å². The van der Waals surface area contributed by atoms with Gasteiger partial charge < -0.3 is 11.5 Å². The molecule has 0 atom stereocenters. The Morgan fingerprint density at radius 2 is 1.86 bits per heavy atom. The second kappa shape index (κ2) is 6.69. The van der Waals surface area contributed by atoms with Crippen LogP contribution in [0.15, 0.2) is 63.8 Å². The van der Waals surface area contributed by atoms with Gasteiger partial charge in [0.1, 0.15) is 15.9 Å². The fraction of sp³-hybridized carbons (Fsp3) is 0.0588. The van der Waals surface area contributed by atoms with Gasteiger partial charge in [-0.15, -0.1) is 5.10 Å².